The lowest BCUT2D eigenvalue weighted by molar-refractivity contribution is 0.125. The Hall–Kier alpha value is -0.900. The molecule has 1 heterocycles. The maximum atomic E-state index is 8.74. The predicted octanol–water partition coefficient (Wildman–Crippen LogP) is 3.53. The smallest absolute Gasteiger partial charge is 0.0431 e. The Kier molecular flexibility index (Phi) is 9.31. The maximum absolute atomic E-state index is 8.74. The zero-order chi connectivity index (χ0) is 16.2. The highest BCUT2D eigenvalue weighted by Gasteiger charge is 2.16. The van der Waals surface area contributed by atoms with Crippen LogP contribution in [0.5, 0.6) is 0 Å². The molecule has 0 aliphatic carbocycles. The Labute approximate surface area is 142 Å². The van der Waals surface area contributed by atoms with E-state index in [0.717, 1.165) is 13.0 Å². The first-order valence-corrected chi connectivity index (χ1v) is 9.48. The number of hydrogen-bond donors (Lipinski definition) is 1. The van der Waals surface area contributed by atoms with Crippen molar-refractivity contribution in [1.82, 2.24) is 9.80 Å². The van der Waals surface area contributed by atoms with Gasteiger partial charge in [0.15, 0.2) is 0 Å². The van der Waals surface area contributed by atoms with Crippen LogP contribution in [0.2, 0.25) is 0 Å². The highest BCUT2D eigenvalue weighted by molar-refractivity contribution is 5.14. The second-order valence-corrected chi connectivity index (χ2v) is 6.80. The van der Waals surface area contributed by atoms with Crippen molar-refractivity contribution in [1.29, 1.82) is 0 Å². The van der Waals surface area contributed by atoms with Crippen LogP contribution in [0.25, 0.3) is 0 Å². The molecular formula is C20H34N2O. The molecule has 1 fully saturated rings. The third kappa shape index (κ3) is 7.96. The first-order chi connectivity index (χ1) is 11.4. The molecule has 0 spiro atoms. The summed E-state index contributed by atoms with van der Waals surface area (Å²) in [4.78, 5) is 5.21. The van der Waals surface area contributed by atoms with Gasteiger partial charge in [0.2, 0.25) is 0 Å². The topological polar surface area (TPSA) is 26.7 Å². The Morgan fingerprint density at radius 2 is 1.26 bits per heavy atom. The number of nitrogens with zero attached hydrogens (tertiary/aromatic N) is 2. The molecule has 0 amide bonds. The van der Waals surface area contributed by atoms with Crippen molar-refractivity contribution in [3.8, 4) is 0 Å². The number of benzene rings is 1. The first kappa shape index (κ1) is 18.4. The molecular weight excluding hydrogens is 284 g/mol. The molecule has 1 aliphatic heterocycles. The number of unbranched alkanes of at least 4 members (excludes halogenated alkanes) is 6. The molecule has 3 heteroatoms. The third-order valence-corrected chi connectivity index (χ3v) is 4.85. The van der Waals surface area contributed by atoms with Crippen LogP contribution < -0.4 is 0 Å². The fourth-order valence-corrected chi connectivity index (χ4v) is 3.34. The summed E-state index contributed by atoms with van der Waals surface area (Å²) in [6, 6.07) is 10.8. The standard InChI is InChI=1S/C20H34N2O/c23-18-10-5-3-1-2-4-9-13-21-14-16-22(17-15-21)19-20-11-7-6-8-12-20/h6-8,11-12,23H,1-5,9-10,13-19H2. The Morgan fingerprint density at radius 3 is 1.91 bits per heavy atom. The Balaban J connectivity index is 1.47. The maximum Gasteiger partial charge on any atom is 0.0431 e. The number of piperazine rings is 1. The van der Waals surface area contributed by atoms with E-state index in [9.17, 15) is 0 Å². The second-order valence-electron chi connectivity index (χ2n) is 6.80. The van der Waals surface area contributed by atoms with Gasteiger partial charge >= 0.3 is 0 Å². The molecule has 3 nitrogen and oxygen atoms in total. The zero-order valence-corrected chi connectivity index (χ0v) is 14.6. The number of aliphatic hydroxyl groups is 1. The van der Waals surface area contributed by atoms with Crippen LogP contribution >= 0.6 is 0 Å². The average molecular weight is 319 g/mol. The minimum Gasteiger partial charge on any atom is -0.396 e. The third-order valence-electron chi connectivity index (χ3n) is 4.85. The van der Waals surface area contributed by atoms with E-state index >= 15 is 0 Å². The van der Waals surface area contributed by atoms with Gasteiger partial charge in [0.25, 0.3) is 0 Å². The minimum atomic E-state index is 0.357. The van der Waals surface area contributed by atoms with Gasteiger partial charge in [-0.25, -0.2) is 0 Å². The van der Waals surface area contributed by atoms with Crippen LogP contribution in [-0.2, 0) is 6.54 Å². The summed E-state index contributed by atoms with van der Waals surface area (Å²) in [7, 11) is 0. The van der Waals surface area contributed by atoms with Crippen LogP contribution in [0.1, 0.15) is 50.5 Å². The zero-order valence-electron chi connectivity index (χ0n) is 14.6. The summed E-state index contributed by atoms with van der Waals surface area (Å²) < 4.78 is 0. The molecule has 130 valence electrons. The Bertz CT molecular complexity index is 388. The largest absolute Gasteiger partial charge is 0.396 e. The molecule has 2 rings (SSSR count). The van der Waals surface area contributed by atoms with Crippen molar-refractivity contribution >= 4 is 0 Å². The Morgan fingerprint density at radius 1 is 0.696 bits per heavy atom. The average Bonchev–Trinajstić information content (AvgIpc) is 2.60. The number of rotatable bonds is 11. The van der Waals surface area contributed by atoms with Gasteiger partial charge in [0, 0.05) is 39.3 Å². The van der Waals surface area contributed by atoms with Crippen LogP contribution in [0.15, 0.2) is 30.3 Å². The van der Waals surface area contributed by atoms with Gasteiger partial charge in [0.05, 0.1) is 0 Å². The van der Waals surface area contributed by atoms with Gasteiger partial charge in [-0.1, -0.05) is 62.4 Å². The summed E-state index contributed by atoms with van der Waals surface area (Å²) >= 11 is 0. The fourth-order valence-electron chi connectivity index (χ4n) is 3.34. The van der Waals surface area contributed by atoms with Crippen LogP contribution in [-0.4, -0.2) is 54.2 Å². The lowest BCUT2D eigenvalue weighted by atomic mass is 10.1. The monoisotopic (exact) mass is 318 g/mol. The van der Waals surface area contributed by atoms with E-state index in [2.05, 4.69) is 40.1 Å². The van der Waals surface area contributed by atoms with Crippen molar-refractivity contribution in [2.45, 2.75) is 51.5 Å². The molecule has 0 atom stereocenters. The summed E-state index contributed by atoms with van der Waals surface area (Å²) in [6.07, 6.45) is 8.87. The van der Waals surface area contributed by atoms with Gasteiger partial charge in [0.1, 0.15) is 0 Å². The molecule has 1 N–H and O–H groups in total. The molecule has 0 bridgehead atoms. The van der Waals surface area contributed by atoms with E-state index in [1.807, 2.05) is 0 Å². The second kappa shape index (κ2) is 11.6. The van der Waals surface area contributed by atoms with E-state index < -0.39 is 0 Å². The molecule has 0 saturated carbocycles. The highest BCUT2D eigenvalue weighted by atomic mass is 16.2. The van der Waals surface area contributed by atoms with Crippen molar-refractivity contribution in [3.05, 3.63) is 35.9 Å². The highest BCUT2D eigenvalue weighted by Crippen LogP contribution is 2.11. The van der Waals surface area contributed by atoms with Crippen molar-refractivity contribution in [2.75, 3.05) is 39.3 Å². The quantitative estimate of drug-likeness (QED) is 0.632. The van der Waals surface area contributed by atoms with Crippen molar-refractivity contribution in [2.24, 2.45) is 0 Å². The normalized spacial score (nSPS) is 16.7. The summed E-state index contributed by atoms with van der Waals surface area (Å²) in [5.74, 6) is 0. The lowest BCUT2D eigenvalue weighted by Gasteiger charge is -2.34. The van der Waals surface area contributed by atoms with Gasteiger partial charge in [-0.2, -0.15) is 0 Å². The van der Waals surface area contributed by atoms with E-state index in [1.165, 1.54) is 76.8 Å². The van der Waals surface area contributed by atoms with Crippen LogP contribution in [0, 0.1) is 0 Å². The number of aliphatic hydroxyl groups excluding tert-OH is 1. The van der Waals surface area contributed by atoms with Gasteiger partial charge < -0.3 is 10.0 Å². The predicted molar refractivity (Wildman–Crippen MR) is 97.6 cm³/mol. The molecule has 1 saturated heterocycles. The summed E-state index contributed by atoms with van der Waals surface area (Å²) in [5, 5.41) is 8.74. The lowest BCUT2D eigenvalue weighted by Crippen LogP contribution is -2.46. The van der Waals surface area contributed by atoms with Crippen molar-refractivity contribution < 1.29 is 5.11 Å². The van der Waals surface area contributed by atoms with Gasteiger partial charge in [-0.15, -0.1) is 0 Å². The van der Waals surface area contributed by atoms with E-state index in [-0.39, 0.29) is 0 Å². The van der Waals surface area contributed by atoms with Crippen LogP contribution in [0.4, 0.5) is 0 Å². The number of hydrogen-bond acceptors (Lipinski definition) is 3. The SMILES string of the molecule is OCCCCCCCCCN1CCN(Cc2ccccc2)CC1. The molecule has 23 heavy (non-hydrogen) atoms. The summed E-state index contributed by atoms with van der Waals surface area (Å²) in [5.41, 5.74) is 1.43. The molecule has 0 aromatic heterocycles. The van der Waals surface area contributed by atoms with Gasteiger partial charge in [-0.05, 0) is 24.9 Å². The first-order valence-electron chi connectivity index (χ1n) is 9.48. The van der Waals surface area contributed by atoms with E-state index in [0.29, 0.717) is 6.61 Å². The van der Waals surface area contributed by atoms with E-state index in [1.54, 1.807) is 0 Å². The molecule has 1 aromatic carbocycles. The van der Waals surface area contributed by atoms with E-state index in [4.69, 9.17) is 5.11 Å². The molecule has 1 aromatic rings. The van der Waals surface area contributed by atoms with Crippen LogP contribution in [0.3, 0.4) is 0 Å². The minimum absolute atomic E-state index is 0.357. The molecule has 0 radical (unpaired) electrons. The van der Waals surface area contributed by atoms with Gasteiger partial charge in [-0.3, -0.25) is 4.90 Å². The summed E-state index contributed by atoms with van der Waals surface area (Å²) in [6.45, 7) is 7.59. The molecule has 0 unspecified atom stereocenters. The fraction of sp³-hybridized carbons (Fsp3) is 0.700. The molecule has 1 aliphatic rings. The van der Waals surface area contributed by atoms with Crippen molar-refractivity contribution in [3.63, 3.8) is 0 Å².